The Morgan fingerprint density at radius 2 is 1.71 bits per heavy atom. The van der Waals surface area contributed by atoms with Crippen molar-refractivity contribution in [3.8, 4) is 0 Å². The highest BCUT2D eigenvalue weighted by Gasteiger charge is 2.22. The Labute approximate surface area is 160 Å². The summed E-state index contributed by atoms with van der Waals surface area (Å²) in [7, 11) is 1.62. The summed E-state index contributed by atoms with van der Waals surface area (Å²) in [5.41, 5.74) is 2.56. The summed E-state index contributed by atoms with van der Waals surface area (Å²) in [6.07, 6.45) is 0.932. The van der Waals surface area contributed by atoms with Gasteiger partial charge in [-0.1, -0.05) is 19.1 Å². The second kappa shape index (κ2) is 6.47. The molecular formula is C20H22FN5O2. The fourth-order valence-corrected chi connectivity index (χ4v) is 3.72. The third-order valence-corrected chi connectivity index (χ3v) is 5.33. The molecule has 4 rings (SSSR count). The van der Waals surface area contributed by atoms with Gasteiger partial charge in [-0.25, -0.2) is 9.18 Å². The lowest BCUT2D eigenvalue weighted by molar-refractivity contribution is 0.623. The topological polar surface area (TPSA) is 66.2 Å². The molecule has 0 aliphatic carbocycles. The first kappa shape index (κ1) is 18.2. The van der Waals surface area contributed by atoms with Crippen LogP contribution in [0.15, 0.2) is 33.9 Å². The van der Waals surface area contributed by atoms with E-state index in [-0.39, 0.29) is 12.4 Å². The van der Waals surface area contributed by atoms with Crippen molar-refractivity contribution in [1.29, 1.82) is 0 Å². The number of benzene rings is 1. The van der Waals surface area contributed by atoms with Gasteiger partial charge in [-0.05, 0) is 38.0 Å². The minimum absolute atomic E-state index is 0.0721. The number of nitrogens with zero attached hydrogens (tertiary/aromatic N) is 5. The molecule has 4 aromatic rings. The molecule has 28 heavy (non-hydrogen) atoms. The fourth-order valence-electron chi connectivity index (χ4n) is 3.72. The average molecular weight is 383 g/mol. The van der Waals surface area contributed by atoms with Gasteiger partial charge >= 0.3 is 5.69 Å². The summed E-state index contributed by atoms with van der Waals surface area (Å²) in [4.78, 5) is 30.7. The molecule has 0 fully saturated rings. The standard InChI is InChI=1S/C20H22FN5O2/c1-5-10-24-12(2)13(3)26-16-17(22-19(24)26)23(4)20(28)25(18(16)27)11-14-6-8-15(21)9-7-14/h6-9H,5,10-11H2,1-4H3. The van der Waals surface area contributed by atoms with Crippen LogP contribution in [-0.2, 0) is 20.1 Å². The monoisotopic (exact) mass is 383 g/mol. The second-order valence-electron chi connectivity index (χ2n) is 7.10. The van der Waals surface area contributed by atoms with E-state index in [2.05, 4.69) is 16.5 Å². The Kier molecular flexibility index (Phi) is 4.21. The molecule has 0 N–H and O–H groups in total. The van der Waals surface area contributed by atoms with E-state index in [0.717, 1.165) is 24.4 Å². The highest BCUT2D eigenvalue weighted by Crippen LogP contribution is 2.21. The zero-order valence-electron chi connectivity index (χ0n) is 16.4. The summed E-state index contributed by atoms with van der Waals surface area (Å²) in [6, 6.07) is 5.78. The quantitative estimate of drug-likeness (QED) is 0.543. The first-order chi connectivity index (χ1) is 13.3. The van der Waals surface area contributed by atoms with E-state index >= 15 is 0 Å². The highest BCUT2D eigenvalue weighted by atomic mass is 19.1. The number of rotatable bonds is 4. The molecule has 1 aromatic carbocycles. The number of aromatic nitrogens is 5. The van der Waals surface area contributed by atoms with Crippen LogP contribution in [0.5, 0.6) is 0 Å². The third-order valence-electron chi connectivity index (χ3n) is 5.33. The van der Waals surface area contributed by atoms with Gasteiger partial charge in [0.05, 0.1) is 6.54 Å². The summed E-state index contributed by atoms with van der Waals surface area (Å²) < 4.78 is 19.7. The summed E-state index contributed by atoms with van der Waals surface area (Å²) >= 11 is 0. The molecule has 3 aromatic heterocycles. The molecule has 0 radical (unpaired) electrons. The van der Waals surface area contributed by atoms with E-state index in [1.807, 2.05) is 18.2 Å². The predicted octanol–water partition coefficient (Wildman–Crippen LogP) is 2.36. The second-order valence-corrected chi connectivity index (χ2v) is 7.10. The molecule has 7 nitrogen and oxygen atoms in total. The third kappa shape index (κ3) is 2.51. The zero-order chi connectivity index (χ0) is 20.2. The lowest BCUT2D eigenvalue weighted by Crippen LogP contribution is -2.39. The van der Waals surface area contributed by atoms with Crippen LogP contribution >= 0.6 is 0 Å². The molecule has 0 unspecified atom stereocenters. The SMILES string of the molecule is CCCn1c(C)c(C)n2c3c(=O)n(Cc4ccc(F)cc4)c(=O)n(C)c3nc12. The smallest absolute Gasteiger partial charge is 0.314 e. The van der Waals surface area contributed by atoms with Gasteiger partial charge in [0.15, 0.2) is 11.2 Å². The number of hydrogen-bond donors (Lipinski definition) is 0. The van der Waals surface area contributed by atoms with Crippen molar-refractivity contribution < 1.29 is 4.39 Å². The number of fused-ring (bicyclic) bond motifs is 3. The molecule has 8 heteroatoms. The van der Waals surface area contributed by atoms with E-state index in [0.29, 0.717) is 22.5 Å². The lowest BCUT2D eigenvalue weighted by Gasteiger charge is -2.09. The van der Waals surface area contributed by atoms with E-state index in [9.17, 15) is 14.0 Å². The normalized spacial score (nSPS) is 11.8. The summed E-state index contributed by atoms with van der Waals surface area (Å²) in [6.45, 7) is 6.89. The van der Waals surface area contributed by atoms with Gasteiger partial charge < -0.3 is 4.57 Å². The van der Waals surface area contributed by atoms with Gasteiger partial charge in [0.25, 0.3) is 5.56 Å². The molecule has 146 valence electrons. The maximum Gasteiger partial charge on any atom is 0.332 e. The molecule has 0 atom stereocenters. The van der Waals surface area contributed by atoms with Gasteiger partial charge in [-0.2, -0.15) is 4.98 Å². The van der Waals surface area contributed by atoms with Gasteiger partial charge in [-0.3, -0.25) is 18.3 Å². The minimum Gasteiger partial charge on any atom is -0.314 e. The molecule has 0 saturated heterocycles. The van der Waals surface area contributed by atoms with Crippen LogP contribution in [0.3, 0.4) is 0 Å². The number of halogens is 1. The van der Waals surface area contributed by atoms with Gasteiger partial charge in [0.2, 0.25) is 5.78 Å². The maximum absolute atomic E-state index is 13.3. The zero-order valence-corrected chi connectivity index (χ0v) is 16.4. The van der Waals surface area contributed by atoms with Gasteiger partial charge in [0, 0.05) is 25.0 Å². The molecule has 0 bridgehead atoms. The molecule has 0 aliphatic rings. The fraction of sp³-hybridized carbons (Fsp3) is 0.350. The van der Waals surface area contributed by atoms with Crippen molar-refractivity contribution in [2.45, 2.75) is 40.3 Å². The van der Waals surface area contributed by atoms with Crippen LogP contribution in [0.2, 0.25) is 0 Å². The van der Waals surface area contributed by atoms with Crippen LogP contribution in [0.1, 0.15) is 30.3 Å². The Balaban J connectivity index is 2.04. The van der Waals surface area contributed by atoms with Crippen molar-refractivity contribution in [3.05, 3.63) is 67.9 Å². The Bertz CT molecular complexity index is 1320. The Morgan fingerprint density at radius 1 is 1.04 bits per heavy atom. The van der Waals surface area contributed by atoms with Crippen LogP contribution in [0, 0.1) is 19.7 Å². The summed E-state index contributed by atoms with van der Waals surface area (Å²) in [5, 5.41) is 0. The van der Waals surface area contributed by atoms with Crippen molar-refractivity contribution >= 4 is 16.9 Å². The largest absolute Gasteiger partial charge is 0.332 e. The number of imidazole rings is 2. The van der Waals surface area contributed by atoms with Crippen molar-refractivity contribution in [1.82, 2.24) is 23.1 Å². The van der Waals surface area contributed by atoms with Gasteiger partial charge in [-0.15, -0.1) is 0 Å². The predicted molar refractivity (Wildman–Crippen MR) is 105 cm³/mol. The van der Waals surface area contributed by atoms with E-state index in [1.54, 1.807) is 19.2 Å². The van der Waals surface area contributed by atoms with Crippen molar-refractivity contribution in [2.24, 2.45) is 7.05 Å². The maximum atomic E-state index is 13.3. The molecular weight excluding hydrogens is 361 g/mol. The molecule has 0 spiro atoms. The number of hydrogen-bond acceptors (Lipinski definition) is 3. The van der Waals surface area contributed by atoms with Crippen LogP contribution < -0.4 is 11.2 Å². The summed E-state index contributed by atoms with van der Waals surface area (Å²) in [5.74, 6) is 0.304. The number of aryl methyl sites for hydroxylation is 3. The molecule has 0 aliphatic heterocycles. The first-order valence-corrected chi connectivity index (χ1v) is 9.27. The van der Waals surface area contributed by atoms with Crippen LogP contribution in [0.25, 0.3) is 16.9 Å². The Hall–Kier alpha value is -3.16. The molecule has 0 saturated carbocycles. The van der Waals surface area contributed by atoms with Crippen molar-refractivity contribution in [3.63, 3.8) is 0 Å². The average Bonchev–Trinajstić information content (AvgIpc) is 3.17. The first-order valence-electron chi connectivity index (χ1n) is 9.27. The van der Waals surface area contributed by atoms with Crippen LogP contribution in [-0.4, -0.2) is 23.1 Å². The molecule has 3 heterocycles. The van der Waals surface area contributed by atoms with E-state index in [1.165, 1.54) is 21.3 Å². The van der Waals surface area contributed by atoms with Crippen LogP contribution in [0.4, 0.5) is 4.39 Å². The Morgan fingerprint density at radius 3 is 2.36 bits per heavy atom. The van der Waals surface area contributed by atoms with Crippen molar-refractivity contribution in [2.75, 3.05) is 0 Å². The molecule has 0 amide bonds. The minimum atomic E-state index is -0.445. The van der Waals surface area contributed by atoms with E-state index in [4.69, 9.17) is 0 Å². The lowest BCUT2D eigenvalue weighted by atomic mass is 10.2. The van der Waals surface area contributed by atoms with E-state index < -0.39 is 11.2 Å². The van der Waals surface area contributed by atoms with Gasteiger partial charge in [0.1, 0.15) is 5.82 Å². The highest BCUT2D eigenvalue weighted by molar-refractivity contribution is 5.76.